The standard InChI is InChI=1S/C10H15N5O/c1-16-7-6-12-4-5-14-10-13-3-2-9(8-11)15-10/h2-3,12H,4-7H2,1H3,(H,13,14,15). The first-order chi connectivity index (χ1) is 7.86. The molecule has 1 rings (SSSR count). The first-order valence-electron chi connectivity index (χ1n) is 5.03. The monoisotopic (exact) mass is 221 g/mol. The van der Waals surface area contributed by atoms with Crippen LogP contribution in [-0.2, 0) is 4.74 Å². The fraction of sp³-hybridized carbons (Fsp3) is 0.500. The molecule has 0 atom stereocenters. The average Bonchev–Trinajstić information content (AvgIpc) is 2.34. The largest absolute Gasteiger partial charge is 0.383 e. The molecule has 16 heavy (non-hydrogen) atoms. The number of nitriles is 1. The van der Waals surface area contributed by atoms with Crippen molar-refractivity contribution in [3.63, 3.8) is 0 Å². The molecular weight excluding hydrogens is 206 g/mol. The molecule has 0 unspecified atom stereocenters. The van der Waals surface area contributed by atoms with Gasteiger partial charge >= 0.3 is 0 Å². The second-order valence-corrected chi connectivity index (χ2v) is 3.05. The van der Waals surface area contributed by atoms with Crippen LogP contribution in [0, 0.1) is 11.3 Å². The molecule has 2 N–H and O–H groups in total. The van der Waals surface area contributed by atoms with Crippen molar-refractivity contribution in [1.82, 2.24) is 15.3 Å². The first-order valence-corrected chi connectivity index (χ1v) is 5.03. The topological polar surface area (TPSA) is 82.9 Å². The van der Waals surface area contributed by atoms with Crippen molar-refractivity contribution in [3.05, 3.63) is 18.0 Å². The van der Waals surface area contributed by atoms with Crippen LogP contribution in [0.5, 0.6) is 0 Å². The number of aromatic nitrogens is 2. The van der Waals surface area contributed by atoms with E-state index in [0.717, 1.165) is 13.1 Å². The van der Waals surface area contributed by atoms with Gasteiger partial charge < -0.3 is 15.4 Å². The number of rotatable bonds is 7. The molecule has 0 radical (unpaired) electrons. The molecule has 0 aliphatic heterocycles. The predicted molar refractivity (Wildman–Crippen MR) is 60.0 cm³/mol. The van der Waals surface area contributed by atoms with E-state index in [2.05, 4.69) is 20.6 Å². The minimum absolute atomic E-state index is 0.366. The third-order valence-electron chi connectivity index (χ3n) is 1.84. The third kappa shape index (κ3) is 4.68. The van der Waals surface area contributed by atoms with Gasteiger partial charge in [0, 0.05) is 32.9 Å². The number of methoxy groups -OCH3 is 1. The Labute approximate surface area is 94.7 Å². The zero-order chi connectivity index (χ0) is 11.6. The minimum Gasteiger partial charge on any atom is -0.383 e. The van der Waals surface area contributed by atoms with Crippen LogP contribution in [0.2, 0.25) is 0 Å². The summed E-state index contributed by atoms with van der Waals surface area (Å²) in [5, 5.41) is 14.8. The molecule has 6 nitrogen and oxygen atoms in total. The maximum Gasteiger partial charge on any atom is 0.223 e. The van der Waals surface area contributed by atoms with Crippen molar-refractivity contribution in [2.75, 3.05) is 38.7 Å². The van der Waals surface area contributed by atoms with Gasteiger partial charge in [0.15, 0.2) is 0 Å². The summed E-state index contributed by atoms with van der Waals surface area (Å²) in [5.41, 5.74) is 0.366. The van der Waals surface area contributed by atoms with Gasteiger partial charge in [0.2, 0.25) is 5.95 Å². The van der Waals surface area contributed by atoms with Gasteiger partial charge in [-0.05, 0) is 6.07 Å². The lowest BCUT2D eigenvalue weighted by atomic mass is 10.4. The highest BCUT2D eigenvalue weighted by molar-refractivity contribution is 5.29. The van der Waals surface area contributed by atoms with Crippen molar-refractivity contribution in [2.24, 2.45) is 0 Å². The van der Waals surface area contributed by atoms with Gasteiger partial charge in [0.1, 0.15) is 11.8 Å². The smallest absolute Gasteiger partial charge is 0.223 e. The molecule has 0 aliphatic rings. The van der Waals surface area contributed by atoms with E-state index in [9.17, 15) is 0 Å². The maximum absolute atomic E-state index is 8.64. The Kier molecular flexibility index (Phi) is 5.84. The number of anilines is 1. The summed E-state index contributed by atoms with van der Waals surface area (Å²) in [6.07, 6.45) is 1.56. The highest BCUT2D eigenvalue weighted by atomic mass is 16.5. The van der Waals surface area contributed by atoms with Crippen molar-refractivity contribution >= 4 is 5.95 Å². The third-order valence-corrected chi connectivity index (χ3v) is 1.84. The SMILES string of the molecule is COCCNCCNc1nccc(C#N)n1. The van der Waals surface area contributed by atoms with Crippen LogP contribution in [-0.4, -0.2) is 43.3 Å². The van der Waals surface area contributed by atoms with E-state index in [1.165, 1.54) is 0 Å². The summed E-state index contributed by atoms with van der Waals surface area (Å²) < 4.78 is 4.89. The van der Waals surface area contributed by atoms with Crippen molar-refractivity contribution in [2.45, 2.75) is 0 Å². The summed E-state index contributed by atoms with van der Waals surface area (Å²) in [6, 6.07) is 3.53. The van der Waals surface area contributed by atoms with Crippen molar-refractivity contribution < 1.29 is 4.74 Å². The summed E-state index contributed by atoms with van der Waals surface area (Å²) in [6.45, 7) is 3.01. The Morgan fingerprint density at radius 1 is 1.44 bits per heavy atom. The Balaban J connectivity index is 2.19. The Morgan fingerprint density at radius 3 is 3.06 bits per heavy atom. The molecule has 1 aromatic heterocycles. The number of hydrogen-bond donors (Lipinski definition) is 2. The zero-order valence-corrected chi connectivity index (χ0v) is 9.23. The molecule has 6 heteroatoms. The molecule has 0 bridgehead atoms. The van der Waals surface area contributed by atoms with Crippen LogP contribution in [0.4, 0.5) is 5.95 Å². The Bertz CT molecular complexity index is 349. The van der Waals surface area contributed by atoms with Crippen LogP contribution in [0.3, 0.4) is 0 Å². The van der Waals surface area contributed by atoms with E-state index in [4.69, 9.17) is 10.00 Å². The van der Waals surface area contributed by atoms with Crippen molar-refractivity contribution in [1.29, 1.82) is 5.26 Å². The van der Waals surface area contributed by atoms with E-state index >= 15 is 0 Å². The van der Waals surface area contributed by atoms with Gasteiger partial charge in [-0.3, -0.25) is 0 Å². The van der Waals surface area contributed by atoms with E-state index in [1.807, 2.05) is 6.07 Å². The molecule has 0 fully saturated rings. The molecule has 1 heterocycles. The van der Waals surface area contributed by atoms with E-state index in [0.29, 0.717) is 24.8 Å². The number of nitrogens with zero attached hydrogens (tertiary/aromatic N) is 3. The lowest BCUT2D eigenvalue weighted by molar-refractivity contribution is 0.200. The first kappa shape index (κ1) is 12.4. The van der Waals surface area contributed by atoms with Gasteiger partial charge in [-0.2, -0.15) is 5.26 Å². The molecule has 0 saturated heterocycles. The van der Waals surface area contributed by atoms with Crippen LogP contribution in [0.25, 0.3) is 0 Å². The van der Waals surface area contributed by atoms with Gasteiger partial charge in [0.05, 0.1) is 6.61 Å². The highest BCUT2D eigenvalue weighted by Crippen LogP contribution is 1.97. The molecular formula is C10H15N5O. The van der Waals surface area contributed by atoms with Gasteiger partial charge in [-0.15, -0.1) is 0 Å². The summed E-state index contributed by atoms with van der Waals surface area (Å²) >= 11 is 0. The van der Waals surface area contributed by atoms with Crippen LogP contribution in [0.15, 0.2) is 12.3 Å². The normalized spacial score (nSPS) is 9.75. The average molecular weight is 221 g/mol. The minimum atomic E-state index is 0.366. The van der Waals surface area contributed by atoms with Gasteiger partial charge in [-0.25, -0.2) is 9.97 Å². The molecule has 0 spiro atoms. The lowest BCUT2D eigenvalue weighted by Gasteiger charge is -2.05. The van der Waals surface area contributed by atoms with E-state index in [-0.39, 0.29) is 0 Å². The highest BCUT2D eigenvalue weighted by Gasteiger charge is 1.96. The molecule has 0 amide bonds. The number of hydrogen-bond acceptors (Lipinski definition) is 6. The molecule has 0 aromatic carbocycles. The van der Waals surface area contributed by atoms with Crippen LogP contribution >= 0.6 is 0 Å². The molecule has 0 aliphatic carbocycles. The van der Waals surface area contributed by atoms with E-state index < -0.39 is 0 Å². The zero-order valence-electron chi connectivity index (χ0n) is 9.23. The Morgan fingerprint density at radius 2 is 2.31 bits per heavy atom. The second-order valence-electron chi connectivity index (χ2n) is 3.05. The molecule has 0 saturated carbocycles. The summed E-state index contributed by atoms with van der Waals surface area (Å²) in [5.74, 6) is 0.479. The quantitative estimate of drug-likeness (QED) is 0.630. The van der Waals surface area contributed by atoms with Crippen LogP contribution < -0.4 is 10.6 Å². The van der Waals surface area contributed by atoms with E-state index in [1.54, 1.807) is 19.4 Å². The van der Waals surface area contributed by atoms with Gasteiger partial charge in [0.25, 0.3) is 0 Å². The maximum atomic E-state index is 8.64. The molecule has 86 valence electrons. The lowest BCUT2D eigenvalue weighted by Crippen LogP contribution is -2.25. The fourth-order valence-corrected chi connectivity index (χ4v) is 1.07. The fourth-order valence-electron chi connectivity index (χ4n) is 1.07. The Hall–Kier alpha value is -1.71. The predicted octanol–water partition coefficient (Wildman–Crippen LogP) is -0.00382. The van der Waals surface area contributed by atoms with Gasteiger partial charge in [-0.1, -0.05) is 0 Å². The van der Waals surface area contributed by atoms with Crippen LogP contribution in [0.1, 0.15) is 5.69 Å². The summed E-state index contributed by atoms with van der Waals surface area (Å²) in [7, 11) is 1.67. The summed E-state index contributed by atoms with van der Waals surface area (Å²) in [4.78, 5) is 7.98. The number of ether oxygens (including phenoxy) is 1. The molecule has 1 aromatic rings. The number of nitrogens with one attached hydrogen (secondary N) is 2. The second kappa shape index (κ2) is 7.56. The van der Waals surface area contributed by atoms with Crippen molar-refractivity contribution in [3.8, 4) is 6.07 Å².